The van der Waals surface area contributed by atoms with Crippen LogP contribution in [0.25, 0.3) is 11.3 Å². The lowest BCUT2D eigenvalue weighted by Crippen LogP contribution is -2.10. The van der Waals surface area contributed by atoms with Crippen molar-refractivity contribution in [1.82, 2.24) is 9.78 Å². The van der Waals surface area contributed by atoms with Crippen molar-refractivity contribution in [2.45, 2.75) is 12.7 Å². The van der Waals surface area contributed by atoms with Crippen LogP contribution in [0.15, 0.2) is 30.5 Å². The number of nitrogens with two attached hydrogens (primary N) is 1. The van der Waals surface area contributed by atoms with Gasteiger partial charge in [0.1, 0.15) is 0 Å². The zero-order valence-electron chi connectivity index (χ0n) is 10.1. The van der Waals surface area contributed by atoms with Crippen LogP contribution in [0.1, 0.15) is 11.1 Å². The molecule has 0 bridgehead atoms. The molecule has 0 unspecified atom stereocenters. The van der Waals surface area contributed by atoms with Gasteiger partial charge in [-0.1, -0.05) is 12.1 Å². The van der Waals surface area contributed by atoms with E-state index in [1.54, 1.807) is 19.2 Å². The highest BCUT2D eigenvalue weighted by Gasteiger charge is 2.34. The molecule has 3 nitrogen and oxygen atoms in total. The molecule has 0 saturated heterocycles. The van der Waals surface area contributed by atoms with Crippen molar-refractivity contribution in [3.8, 4) is 11.3 Å². The number of nitrogens with zero attached hydrogens (tertiary/aromatic N) is 2. The number of aryl methyl sites for hydroxylation is 1. The zero-order valence-corrected chi connectivity index (χ0v) is 10.9. The van der Waals surface area contributed by atoms with Gasteiger partial charge in [0.15, 0.2) is 0 Å². The van der Waals surface area contributed by atoms with Gasteiger partial charge in [-0.2, -0.15) is 18.3 Å². The zero-order chi connectivity index (χ0) is 13.3. The van der Waals surface area contributed by atoms with Crippen LogP contribution in [0.5, 0.6) is 0 Å². The van der Waals surface area contributed by atoms with E-state index in [4.69, 9.17) is 5.73 Å². The Morgan fingerprint density at radius 3 is 2.42 bits per heavy atom. The number of rotatable bonds is 2. The average molecular weight is 292 g/mol. The van der Waals surface area contributed by atoms with Gasteiger partial charge in [-0.25, -0.2) is 0 Å². The summed E-state index contributed by atoms with van der Waals surface area (Å²) in [5.74, 6) is 0. The number of alkyl halides is 3. The first kappa shape index (κ1) is 15.5. The molecule has 2 aromatic rings. The van der Waals surface area contributed by atoms with Crippen molar-refractivity contribution in [2.75, 3.05) is 0 Å². The van der Waals surface area contributed by atoms with E-state index < -0.39 is 11.7 Å². The first-order valence-electron chi connectivity index (χ1n) is 5.32. The molecule has 0 amide bonds. The lowest BCUT2D eigenvalue weighted by Gasteiger charge is -2.14. The minimum Gasteiger partial charge on any atom is -0.326 e. The summed E-state index contributed by atoms with van der Waals surface area (Å²) in [6.45, 7) is 0.0781. The Morgan fingerprint density at radius 1 is 1.26 bits per heavy atom. The smallest absolute Gasteiger partial charge is 0.326 e. The average Bonchev–Trinajstić information content (AvgIpc) is 2.73. The van der Waals surface area contributed by atoms with E-state index in [0.29, 0.717) is 11.3 Å². The second-order valence-corrected chi connectivity index (χ2v) is 3.92. The van der Waals surface area contributed by atoms with Crippen molar-refractivity contribution in [3.05, 3.63) is 41.6 Å². The summed E-state index contributed by atoms with van der Waals surface area (Å²) in [5, 5.41) is 3.88. The van der Waals surface area contributed by atoms with E-state index >= 15 is 0 Å². The molecule has 1 heterocycles. The molecule has 2 N–H and O–H groups in total. The quantitative estimate of drug-likeness (QED) is 0.924. The van der Waals surface area contributed by atoms with E-state index in [-0.39, 0.29) is 24.5 Å². The van der Waals surface area contributed by atoms with Gasteiger partial charge in [-0.3, -0.25) is 4.68 Å². The highest BCUT2D eigenvalue weighted by molar-refractivity contribution is 5.85. The van der Waals surface area contributed by atoms with E-state index in [0.717, 1.165) is 6.07 Å². The maximum atomic E-state index is 13.0. The summed E-state index contributed by atoms with van der Waals surface area (Å²) in [6, 6.07) is 5.66. The molecule has 0 saturated carbocycles. The highest BCUT2D eigenvalue weighted by atomic mass is 35.5. The topological polar surface area (TPSA) is 43.8 Å². The molecule has 0 atom stereocenters. The molecule has 0 aliphatic carbocycles. The van der Waals surface area contributed by atoms with Crippen molar-refractivity contribution in [2.24, 2.45) is 12.8 Å². The van der Waals surface area contributed by atoms with Crippen LogP contribution in [0.3, 0.4) is 0 Å². The Balaban J connectivity index is 0.00000180. The summed E-state index contributed by atoms with van der Waals surface area (Å²) >= 11 is 0. The second kappa shape index (κ2) is 5.63. The van der Waals surface area contributed by atoms with Gasteiger partial charge in [0.2, 0.25) is 0 Å². The third-order valence-corrected chi connectivity index (χ3v) is 2.72. The molecule has 0 aliphatic heterocycles. The monoisotopic (exact) mass is 291 g/mol. The van der Waals surface area contributed by atoms with Crippen molar-refractivity contribution >= 4 is 12.4 Å². The normalized spacial score (nSPS) is 11.2. The molecule has 104 valence electrons. The fraction of sp³-hybridized carbons (Fsp3) is 0.250. The summed E-state index contributed by atoms with van der Waals surface area (Å²) in [4.78, 5) is 0. The summed E-state index contributed by atoms with van der Waals surface area (Å²) < 4.78 is 40.5. The van der Waals surface area contributed by atoms with E-state index in [1.165, 1.54) is 16.9 Å². The van der Waals surface area contributed by atoms with Crippen LogP contribution < -0.4 is 5.73 Å². The standard InChI is InChI=1S/C12H12F3N3.ClH/c1-18-11(4-5-17-18)9-3-2-8(7-16)6-10(9)12(13,14)15;/h2-6H,7,16H2,1H3;1H. The van der Waals surface area contributed by atoms with Crippen LogP contribution in [-0.4, -0.2) is 9.78 Å². The van der Waals surface area contributed by atoms with Crippen LogP contribution in [0, 0.1) is 0 Å². The number of halogens is 4. The SMILES string of the molecule is Cl.Cn1nccc1-c1ccc(CN)cc1C(F)(F)F. The second-order valence-electron chi connectivity index (χ2n) is 3.92. The lowest BCUT2D eigenvalue weighted by molar-refractivity contribution is -0.137. The van der Waals surface area contributed by atoms with Crippen LogP contribution >= 0.6 is 12.4 Å². The maximum absolute atomic E-state index is 13.0. The minimum absolute atomic E-state index is 0. The summed E-state index contributed by atoms with van der Waals surface area (Å²) in [6.07, 6.45) is -2.95. The molecule has 2 rings (SSSR count). The number of aromatic nitrogens is 2. The third kappa shape index (κ3) is 3.08. The Morgan fingerprint density at radius 2 is 1.95 bits per heavy atom. The molecular weight excluding hydrogens is 279 g/mol. The molecule has 19 heavy (non-hydrogen) atoms. The first-order chi connectivity index (χ1) is 8.43. The van der Waals surface area contributed by atoms with Gasteiger partial charge < -0.3 is 5.73 Å². The molecule has 1 aromatic heterocycles. The number of hydrogen-bond donors (Lipinski definition) is 1. The Bertz CT molecular complexity index is 564. The Kier molecular flexibility index (Phi) is 4.60. The molecule has 0 spiro atoms. The van der Waals surface area contributed by atoms with Gasteiger partial charge >= 0.3 is 6.18 Å². The van der Waals surface area contributed by atoms with E-state index in [9.17, 15) is 13.2 Å². The van der Waals surface area contributed by atoms with Crippen LogP contribution in [-0.2, 0) is 19.8 Å². The fourth-order valence-electron chi connectivity index (χ4n) is 1.81. The Hall–Kier alpha value is -1.53. The molecule has 0 aliphatic rings. The largest absolute Gasteiger partial charge is 0.417 e. The predicted octanol–water partition coefficient (Wildman–Crippen LogP) is 2.99. The molecule has 0 radical (unpaired) electrons. The summed E-state index contributed by atoms with van der Waals surface area (Å²) in [5.41, 5.74) is 5.67. The Labute approximate surface area is 114 Å². The molecule has 1 aromatic carbocycles. The third-order valence-electron chi connectivity index (χ3n) is 2.72. The van der Waals surface area contributed by atoms with Crippen LogP contribution in [0.4, 0.5) is 13.2 Å². The molecular formula is C12H13ClF3N3. The number of benzene rings is 1. The minimum atomic E-state index is -4.41. The van der Waals surface area contributed by atoms with Gasteiger partial charge in [-0.05, 0) is 17.7 Å². The van der Waals surface area contributed by atoms with Crippen LogP contribution in [0.2, 0.25) is 0 Å². The maximum Gasteiger partial charge on any atom is 0.417 e. The van der Waals surface area contributed by atoms with Crippen molar-refractivity contribution in [3.63, 3.8) is 0 Å². The van der Waals surface area contributed by atoms with Crippen molar-refractivity contribution in [1.29, 1.82) is 0 Å². The fourth-order valence-corrected chi connectivity index (χ4v) is 1.81. The van der Waals surface area contributed by atoms with Gasteiger partial charge in [0.05, 0.1) is 11.3 Å². The highest BCUT2D eigenvalue weighted by Crippen LogP contribution is 2.37. The van der Waals surface area contributed by atoms with Gasteiger partial charge in [0, 0.05) is 25.4 Å². The van der Waals surface area contributed by atoms with Crippen molar-refractivity contribution < 1.29 is 13.2 Å². The number of hydrogen-bond acceptors (Lipinski definition) is 2. The van der Waals surface area contributed by atoms with E-state index in [2.05, 4.69) is 5.10 Å². The van der Waals surface area contributed by atoms with Gasteiger partial charge in [0.25, 0.3) is 0 Å². The van der Waals surface area contributed by atoms with E-state index in [1.807, 2.05) is 0 Å². The lowest BCUT2D eigenvalue weighted by atomic mass is 10.0. The van der Waals surface area contributed by atoms with Gasteiger partial charge in [-0.15, -0.1) is 12.4 Å². The predicted molar refractivity (Wildman–Crippen MR) is 68.8 cm³/mol. The molecule has 0 fully saturated rings. The molecule has 7 heteroatoms. The first-order valence-corrected chi connectivity index (χ1v) is 5.32. The summed E-state index contributed by atoms with van der Waals surface area (Å²) in [7, 11) is 1.60.